The number of benzene rings is 2. The summed E-state index contributed by atoms with van der Waals surface area (Å²) in [4.78, 5) is 15.9. The third kappa shape index (κ3) is 4.20. The van der Waals surface area contributed by atoms with Gasteiger partial charge in [-0.05, 0) is 37.5 Å². The molecule has 1 saturated heterocycles. The normalized spacial score (nSPS) is 13.7. The lowest BCUT2D eigenvalue weighted by atomic mass is 10.1. The molecule has 0 atom stereocenters. The number of methoxy groups -OCH3 is 2. The van der Waals surface area contributed by atoms with Gasteiger partial charge in [-0.3, -0.25) is 4.79 Å². The highest BCUT2D eigenvalue weighted by Crippen LogP contribution is 2.38. The second kappa shape index (κ2) is 9.90. The Morgan fingerprint density at radius 2 is 1.59 bits per heavy atom. The van der Waals surface area contributed by atoms with Gasteiger partial charge in [-0.25, -0.2) is 0 Å². The number of nitrogens with two attached hydrogens (primary N) is 1. The average Bonchev–Trinajstić information content (AvgIpc) is 2.78. The number of fused-ring (bicyclic) bond motifs is 1. The number of halogens is 2. The van der Waals surface area contributed by atoms with Gasteiger partial charge in [0.2, 0.25) is 0 Å². The Hall–Kier alpha value is -2.61. The zero-order valence-corrected chi connectivity index (χ0v) is 19.6. The molecule has 1 aliphatic heterocycles. The van der Waals surface area contributed by atoms with E-state index in [1.165, 1.54) is 0 Å². The zero-order chi connectivity index (χ0) is 22.1. The predicted octanol–water partition coefficient (Wildman–Crippen LogP) is 4.12. The maximum absolute atomic E-state index is 13.8. The van der Waals surface area contributed by atoms with E-state index in [9.17, 15) is 4.79 Å². The lowest BCUT2D eigenvalue weighted by Gasteiger charge is -2.30. The van der Waals surface area contributed by atoms with Crippen LogP contribution in [0, 0.1) is 0 Å². The number of nitrogen functional groups attached to an aromatic ring is 1. The minimum Gasteiger partial charge on any atom is -0.493 e. The minimum absolute atomic E-state index is 0. The van der Waals surface area contributed by atoms with Crippen LogP contribution >= 0.6 is 23.2 Å². The van der Waals surface area contributed by atoms with Crippen LogP contribution in [0.1, 0.15) is 24.8 Å². The van der Waals surface area contributed by atoms with Crippen molar-refractivity contribution in [2.45, 2.75) is 25.8 Å². The number of nitrogens with zero attached hydrogens (tertiary/aromatic N) is 2. The van der Waals surface area contributed by atoms with Crippen LogP contribution in [0.25, 0.3) is 10.9 Å². The van der Waals surface area contributed by atoms with E-state index >= 15 is 0 Å². The van der Waals surface area contributed by atoms with Crippen LogP contribution in [0.5, 0.6) is 11.5 Å². The molecule has 2 aromatic carbocycles. The average molecular weight is 480 g/mol. The standard InChI is InChI=1S/C23H25Cl2N3O3.H2O/c1-30-19-11-14-18(12-20(19)31-2)28(13-15-16(24)7-6-8-17(15)25)23(29)22(21(14)26)27-9-4-3-5-10-27;/h6-8,11-12H,3-5,9-10,13,26H2,1-2H3;1H2. The van der Waals surface area contributed by atoms with Crippen LogP contribution < -0.4 is 25.7 Å². The van der Waals surface area contributed by atoms with Crippen molar-refractivity contribution in [3.8, 4) is 11.5 Å². The topological polar surface area (TPSA) is 101 Å². The molecule has 0 saturated carbocycles. The molecule has 0 aliphatic carbocycles. The number of rotatable bonds is 5. The maximum Gasteiger partial charge on any atom is 0.277 e. The Kier molecular flexibility index (Phi) is 7.44. The highest BCUT2D eigenvalue weighted by molar-refractivity contribution is 6.36. The summed E-state index contributed by atoms with van der Waals surface area (Å²) in [5.74, 6) is 1.06. The number of piperidine rings is 1. The van der Waals surface area contributed by atoms with Gasteiger partial charge in [-0.2, -0.15) is 0 Å². The van der Waals surface area contributed by atoms with Crippen molar-refractivity contribution in [3.05, 3.63) is 56.3 Å². The van der Waals surface area contributed by atoms with Gasteiger partial charge in [0, 0.05) is 40.2 Å². The molecule has 172 valence electrons. The molecule has 0 amide bonds. The Balaban J connectivity index is 0.00000289. The fourth-order valence-corrected chi connectivity index (χ4v) is 4.73. The van der Waals surface area contributed by atoms with Crippen LogP contribution in [-0.2, 0) is 6.54 Å². The van der Waals surface area contributed by atoms with Crippen molar-refractivity contribution in [2.24, 2.45) is 0 Å². The van der Waals surface area contributed by atoms with E-state index in [2.05, 4.69) is 4.90 Å². The van der Waals surface area contributed by atoms with Crippen molar-refractivity contribution in [3.63, 3.8) is 0 Å². The third-order valence-electron chi connectivity index (χ3n) is 5.84. The molecular weight excluding hydrogens is 453 g/mol. The van der Waals surface area contributed by atoms with Crippen LogP contribution in [0.15, 0.2) is 35.1 Å². The molecule has 0 unspecified atom stereocenters. The number of pyridine rings is 1. The molecule has 2 heterocycles. The van der Waals surface area contributed by atoms with Crippen LogP contribution in [0.2, 0.25) is 10.0 Å². The first-order valence-corrected chi connectivity index (χ1v) is 11.0. The molecular formula is C23H27Cl2N3O4. The Morgan fingerprint density at radius 1 is 1.00 bits per heavy atom. The summed E-state index contributed by atoms with van der Waals surface area (Å²) in [6.45, 7) is 1.81. The highest BCUT2D eigenvalue weighted by Gasteiger charge is 2.24. The number of hydrogen-bond acceptors (Lipinski definition) is 5. The third-order valence-corrected chi connectivity index (χ3v) is 6.54. The molecule has 4 N–H and O–H groups in total. The second-order valence-corrected chi connectivity index (χ2v) is 8.44. The molecule has 7 nitrogen and oxygen atoms in total. The molecule has 3 aromatic rings. The van der Waals surface area contributed by atoms with Crippen LogP contribution in [0.4, 0.5) is 11.4 Å². The minimum atomic E-state index is -0.171. The molecule has 0 bridgehead atoms. The van der Waals surface area contributed by atoms with Gasteiger partial charge in [0.15, 0.2) is 11.5 Å². The number of hydrogen-bond donors (Lipinski definition) is 1. The summed E-state index contributed by atoms with van der Waals surface area (Å²) < 4.78 is 12.6. The fourth-order valence-electron chi connectivity index (χ4n) is 4.21. The van der Waals surface area contributed by atoms with Gasteiger partial charge in [-0.15, -0.1) is 0 Å². The Bertz CT molecular complexity index is 1170. The lowest BCUT2D eigenvalue weighted by Crippen LogP contribution is -2.37. The molecule has 1 fully saturated rings. The molecule has 9 heteroatoms. The quantitative estimate of drug-likeness (QED) is 0.592. The Morgan fingerprint density at radius 3 is 2.19 bits per heavy atom. The first-order chi connectivity index (χ1) is 15.0. The summed E-state index contributed by atoms with van der Waals surface area (Å²) in [6.07, 6.45) is 3.21. The van der Waals surface area contributed by atoms with Crippen LogP contribution in [-0.4, -0.2) is 37.4 Å². The monoisotopic (exact) mass is 479 g/mol. The zero-order valence-electron chi connectivity index (χ0n) is 18.1. The molecule has 32 heavy (non-hydrogen) atoms. The number of ether oxygens (including phenoxy) is 2. The lowest BCUT2D eigenvalue weighted by molar-refractivity contribution is 0.355. The summed E-state index contributed by atoms with van der Waals surface area (Å²) in [5, 5.41) is 1.73. The first kappa shape index (κ1) is 24.0. The summed E-state index contributed by atoms with van der Waals surface area (Å²) >= 11 is 12.9. The smallest absolute Gasteiger partial charge is 0.277 e. The van der Waals surface area contributed by atoms with Crippen molar-refractivity contribution in [1.82, 2.24) is 4.57 Å². The molecule has 1 aromatic heterocycles. The highest BCUT2D eigenvalue weighted by atomic mass is 35.5. The van der Waals surface area contributed by atoms with E-state index in [1.54, 1.807) is 43.1 Å². The van der Waals surface area contributed by atoms with E-state index < -0.39 is 0 Å². The second-order valence-electron chi connectivity index (χ2n) is 7.63. The summed E-state index contributed by atoms with van der Waals surface area (Å²) in [6, 6.07) is 8.91. The predicted molar refractivity (Wildman–Crippen MR) is 131 cm³/mol. The molecule has 0 radical (unpaired) electrons. The first-order valence-electron chi connectivity index (χ1n) is 10.2. The van der Waals surface area contributed by atoms with E-state index in [0.717, 1.165) is 37.7 Å². The largest absolute Gasteiger partial charge is 0.493 e. The van der Waals surface area contributed by atoms with Crippen molar-refractivity contribution in [1.29, 1.82) is 0 Å². The van der Waals surface area contributed by atoms with Gasteiger partial charge in [0.25, 0.3) is 5.56 Å². The van der Waals surface area contributed by atoms with Crippen molar-refractivity contribution in [2.75, 3.05) is 37.9 Å². The van der Waals surface area contributed by atoms with Gasteiger partial charge >= 0.3 is 0 Å². The van der Waals surface area contributed by atoms with E-state index in [1.807, 2.05) is 6.07 Å². The van der Waals surface area contributed by atoms with Gasteiger partial charge in [0.1, 0.15) is 5.69 Å². The number of anilines is 2. The maximum atomic E-state index is 13.8. The molecule has 0 spiro atoms. The van der Waals surface area contributed by atoms with Crippen LogP contribution in [0.3, 0.4) is 0 Å². The van der Waals surface area contributed by atoms with E-state index in [-0.39, 0.29) is 17.6 Å². The van der Waals surface area contributed by atoms with Gasteiger partial charge in [-0.1, -0.05) is 29.3 Å². The van der Waals surface area contributed by atoms with Crippen molar-refractivity contribution < 1.29 is 14.9 Å². The van der Waals surface area contributed by atoms with Gasteiger partial charge in [0.05, 0.1) is 32.0 Å². The summed E-state index contributed by atoms with van der Waals surface area (Å²) in [7, 11) is 3.13. The van der Waals surface area contributed by atoms with Crippen molar-refractivity contribution >= 4 is 45.5 Å². The molecule has 1 aliphatic rings. The fraction of sp³-hybridized carbons (Fsp3) is 0.348. The number of aromatic nitrogens is 1. The molecule has 4 rings (SSSR count). The van der Waals surface area contributed by atoms with E-state index in [4.69, 9.17) is 38.4 Å². The SMILES string of the molecule is COc1cc2c(N)c(N3CCCCC3)c(=O)n(Cc3c(Cl)cccc3Cl)c2cc1OC.O. The van der Waals surface area contributed by atoms with Gasteiger partial charge < -0.3 is 30.2 Å². The Labute approximate surface area is 196 Å². The van der Waals surface area contributed by atoms with E-state index in [0.29, 0.717) is 44.0 Å². The summed E-state index contributed by atoms with van der Waals surface area (Å²) in [5.41, 5.74) is 8.69.